The van der Waals surface area contributed by atoms with Crippen molar-refractivity contribution in [3.05, 3.63) is 0 Å². The average molecular weight is 239 g/mol. The van der Waals surface area contributed by atoms with E-state index in [1.54, 1.807) is 0 Å². The lowest BCUT2D eigenvalue weighted by Crippen LogP contribution is -2.60. The molecule has 1 unspecified atom stereocenters. The Morgan fingerprint density at radius 1 is 1.25 bits per heavy atom. The Labute approximate surface area is 103 Å². The molecule has 90 valence electrons. The van der Waals surface area contributed by atoms with Gasteiger partial charge in [0.1, 0.15) is 5.54 Å². The van der Waals surface area contributed by atoms with Crippen molar-refractivity contribution in [3.63, 3.8) is 0 Å². The molecule has 3 nitrogen and oxygen atoms in total. The van der Waals surface area contributed by atoms with Crippen molar-refractivity contribution in [1.29, 1.82) is 5.26 Å². The van der Waals surface area contributed by atoms with Crippen LogP contribution in [0.15, 0.2) is 0 Å². The lowest BCUT2D eigenvalue weighted by molar-refractivity contribution is 0.0933. The molecule has 4 heteroatoms. The second kappa shape index (κ2) is 4.56. The van der Waals surface area contributed by atoms with Crippen molar-refractivity contribution in [2.24, 2.45) is 5.41 Å². The quantitative estimate of drug-likeness (QED) is 0.749. The highest BCUT2D eigenvalue weighted by Gasteiger charge is 2.45. The minimum Gasteiger partial charge on any atom is -0.314 e. The number of nitriles is 1. The molecular formula is C12H21N3S. The van der Waals surface area contributed by atoms with Crippen LogP contribution in [0.5, 0.6) is 0 Å². The number of rotatable bonds is 1. The monoisotopic (exact) mass is 239 g/mol. The summed E-state index contributed by atoms with van der Waals surface area (Å²) >= 11 is 1.94. The summed E-state index contributed by atoms with van der Waals surface area (Å²) in [5.41, 5.74) is 0.0814. The van der Waals surface area contributed by atoms with Crippen LogP contribution in [-0.2, 0) is 0 Å². The molecule has 2 aliphatic heterocycles. The third-order valence-electron chi connectivity index (χ3n) is 3.54. The number of nitrogens with one attached hydrogen (secondary N) is 1. The predicted octanol–water partition coefficient (Wildman–Crippen LogP) is 1.32. The van der Waals surface area contributed by atoms with Gasteiger partial charge in [-0.3, -0.25) is 4.90 Å². The zero-order valence-corrected chi connectivity index (χ0v) is 11.1. The van der Waals surface area contributed by atoms with Crippen LogP contribution in [-0.4, -0.2) is 48.1 Å². The van der Waals surface area contributed by atoms with E-state index in [0.29, 0.717) is 5.41 Å². The number of piperazine rings is 1. The summed E-state index contributed by atoms with van der Waals surface area (Å²) in [4.78, 5) is 2.40. The molecule has 2 fully saturated rings. The average Bonchev–Trinajstić information content (AvgIpc) is 2.29. The van der Waals surface area contributed by atoms with Gasteiger partial charge in [-0.25, -0.2) is 0 Å². The van der Waals surface area contributed by atoms with Gasteiger partial charge >= 0.3 is 0 Å². The number of hydrogen-bond acceptors (Lipinski definition) is 4. The van der Waals surface area contributed by atoms with Crippen LogP contribution >= 0.6 is 11.8 Å². The molecule has 0 aliphatic carbocycles. The zero-order valence-electron chi connectivity index (χ0n) is 10.3. The first-order chi connectivity index (χ1) is 7.58. The highest BCUT2D eigenvalue weighted by Crippen LogP contribution is 2.41. The Hall–Kier alpha value is -0.240. The van der Waals surface area contributed by atoms with E-state index in [0.717, 1.165) is 38.4 Å². The Balaban J connectivity index is 2.15. The predicted molar refractivity (Wildman–Crippen MR) is 68.5 cm³/mol. The fourth-order valence-corrected chi connectivity index (χ4v) is 4.27. The Morgan fingerprint density at radius 3 is 2.50 bits per heavy atom. The first kappa shape index (κ1) is 12.2. The van der Waals surface area contributed by atoms with Gasteiger partial charge in [0.05, 0.1) is 6.07 Å². The fraction of sp³-hybridized carbons (Fsp3) is 0.917. The van der Waals surface area contributed by atoms with E-state index in [4.69, 9.17) is 0 Å². The second-order valence-corrected chi connectivity index (χ2v) is 6.70. The largest absolute Gasteiger partial charge is 0.314 e. The van der Waals surface area contributed by atoms with Crippen LogP contribution in [0.3, 0.4) is 0 Å². The maximum atomic E-state index is 9.60. The maximum absolute atomic E-state index is 9.60. The van der Waals surface area contributed by atoms with Crippen molar-refractivity contribution >= 4 is 11.8 Å². The van der Waals surface area contributed by atoms with Crippen LogP contribution in [0, 0.1) is 16.7 Å². The molecule has 0 saturated carbocycles. The molecule has 0 amide bonds. The molecule has 1 atom stereocenters. The summed E-state index contributed by atoms with van der Waals surface area (Å²) in [6.07, 6.45) is 1.02. The lowest BCUT2D eigenvalue weighted by Gasteiger charge is -2.48. The minimum absolute atomic E-state index is 0.214. The molecule has 0 bridgehead atoms. The van der Waals surface area contributed by atoms with Gasteiger partial charge < -0.3 is 5.32 Å². The smallest absolute Gasteiger partial charge is 0.118 e. The van der Waals surface area contributed by atoms with Crippen LogP contribution < -0.4 is 5.32 Å². The normalized spacial score (nSPS) is 35.6. The van der Waals surface area contributed by atoms with E-state index in [1.165, 1.54) is 5.75 Å². The van der Waals surface area contributed by atoms with E-state index >= 15 is 0 Å². The van der Waals surface area contributed by atoms with Gasteiger partial charge in [0.15, 0.2) is 0 Å². The summed E-state index contributed by atoms with van der Waals surface area (Å²) in [6.45, 7) is 8.65. The summed E-state index contributed by atoms with van der Waals surface area (Å²) < 4.78 is 0. The molecule has 0 aromatic carbocycles. The molecule has 0 radical (unpaired) electrons. The zero-order chi connectivity index (χ0) is 11.6. The Morgan fingerprint density at radius 2 is 1.94 bits per heavy atom. The second-order valence-electron chi connectivity index (χ2n) is 5.71. The van der Waals surface area contributed by atoms with Crippen molar-refractivity contribution in [2.45, 2.75) is 25.8 Å². The van der Waals surface area contributed by atoms with Crippen molar-refractivity contribution in [1.82, 2.24) is 10.2 Å². The summed E-state index contributed by atoms with van der Waals surface area (Å²) in [7, 11) is 0. The van der Waals surface area contributed by atoms with Gasteiger partial charge in [0.25, 0.3) is 0 Å². The maximum Gasteiger partial charge on any atom is 0.118 e. The number of hydrogen-bond donors (Lipinski definition) is 1. The van der Waals surface area contributed by atoms with Crippen molar-refractivity contribution in [2.75, 3.05) is 37.7 Å². The highest BCUT2D eigenvalue weighted by atomic mass is 32.2. The minimum atomic E-state index is -0.214. The van der Waals surface area contributed by atoms with Crippen LogP contribution in [0.4, 0.5) is 0 Å². The molecule has 16 heavy (non-hydrogen) atoms. The van der Waals surface area contributed by atoms with E-state index in [9.17, 15) is 5.26 Å². The van der Waals surface area contributed by atoms with E-state index in [2.05, 4.69) is 30.1 Å². The van der Waals surface area contributed by atoms with E-state index in [1.807, 2.05) is 11.8 Å². The molecule has 0 aromatic rings. The topological polar surface area (TPSA) is 39.1 Å². The standard InChI is InChI=1S/C12H21N3S/c1-11(2)7-12(8-13,10-16-9-11)15-5-3-14-4-6-15/h14H,3-7,9-10H2,1-2H3. The van der Waals surface area contributed by atoms with E-state index in [-0.39, 0.29) is 5.54 Å². The van der Waals surface area contributed by atoms with Crippen molar-refractivity contribution < 1.29 is 0 Å². The third-order valence-corrected chi connectivity index (χ3v) is 5.20. The summed E-state index contributed by atoms with van der Waals surface area (Å²) in [5, 5.41) is 13.0. The highest BCUT2D eigenvalue weighted by molar-refractivity contribution is 7.99. The SMILES string of the molecule is CC1(C)CSCC(C#N)(N2CCNCC2)C1. The summed E-state index contributed by atoms with van der Waals surface area (Å²) in [5.74, 6) is 2.16. The van der Waals surface area contributed by atoms with Gasteiger partial charge in [0, 0.05) is 31.9 Å². The van der Waals surface area contributed by atoms with Crippen LogP contribution in [0.25, 0.3) is 0 Å². The first-order valence-electron chi connectivity index (χ1n) is 6.03. The molecule has 2 saturated heterocycles. The molecule has 2 rings (SSSR count). The van der Waals surface area contributed by atoms with Crippen LogP contribution in [0.2, 0.25) is 0 Å². The molecule has 2 heterocycles. The van der Waals surface area contributed by atoms with Gasteiger partial charge in [0.2, 0.25) is 0 Å². The third kappa shape index (κ3) is 2.37. The van der Waals surface area contributed by atoms with Crippen molar-refractivity contribution in [3.8, 4) is 6.07 Å². The molecule has 0 spiro atoms. The number of thioether (sulfide) groups is 1. The van der Waals surface area contributed by atoms with E-state index < -0.39 is 0 Å². The Kier molecular flexibility index (Phi) is 3.48. The molecule has 2 aliphatic rings. The van der Waals surface area contributed by atoms with Gasteiger partial charge in [-0.2, -0.15) is 17.0 Å². The van der Waals surface area contributed by atoms with Crippen LogP contribution in [0.1, 0.15) is 20.3 Å². The van der Waals surface area contributed by atoms with Gasteiger partial charge in [-0.05, 0) is 17.6 Å². The fourth-order valence-electron chi connectivity index (χ4n) is 2.83. The molecule has 0 aromatic heterocycles. The first-order valence-corrected chi connectivity index (χ1v) is 7.18. The summed E-state index contributed by atoms with van der Waals surface area (Å²) in [6, 6.07) is 2.62. The van der Waals surface area contributed by atoms with Gasteiger partial charge in [-0.15, -0.1) is 0 Å². The Bertz CT molecular complexity index is 291. The molecular weight excluding hydrogens is 218 g/mol. The van der Waals surface area contributed by atoms with Gasteiger partial charge in [-0.1, -0.05) is 13.8 Å². The lowest BCUT2D eigenvalue weighted by atomic mass is 9.79. The number of nitrogens with zero attached hydrogens (tertiary/aromatic N) is 2. The molecule has 1 N–H and O–H groups in total.